The van der Waals surface area contributed by atoms with Gasteiger partial charge in [-0.3, -0.25) is 4.79 Å². The van der Waals surface area contributed by atoms with Crippen molar-refractivity contribution in [2.75, 3.05) is 11.4 Å². The molecule has 1 heterocycles. The lowest BCUT2D eigenvalue weighted by atomic mass is 10.0. The fourth-order valence-corrected chi connectivity index (χ4v) is 2.07. The number of anilines is 1. The first-order chi connectivity index (χ1) is 7.59. The summed E-state index contributed by atoms with van der Waals surface area (Å²) in [5, 5.41) is 0. The average Bonchev–Trinajstić information content (AvgIpc) is 2.63. The van der Waals surface area contributed by atoms with Crippen molar-refractivity contribution in [3.05, 3.63) is 29.6 Å². The van der Waals surface area contributed by atoms with Gasteiger partial charge < -0.3 is 4.90 Å². The molecule has 1 fully saturated rings. The number of carbonyl (C=O) groups is 1. The molecule has 0 radical (unpaired) electrons. The van der Waals surface area contributed by atoms with Gasteiger partial charge in [-0.25, -0.2) is 4.39 Å². The van der Waals surface area contributed by atoms with Crippen molar-refractivity contribution in [1.82, 2.24) is 0 Å². The molecular weight excluding hydrogens is 205 g/mol. The smallest absolute Gasteiger partial charge is 0.227 e. The summed E-state index contributed by atoms with van der Waals surface area (Å²) in [6.45, 7) is 4.62. The number of carbonyl (C=O) groups excluding carboxylic acids is 1. The van der Waals surface area contributed by atoms with Crippen LogP contribution in [-0.2, 0) is 4.79 Å². The van der Waals surface area contributed by atoms with E-state index >= 15 is 0 Å². The number of amides is 1. The fraction of sp³-hybridized carbons (Fsp3) is 0.462. The summed E-state index contributed by atoms with van der Waals surface area (Å²) in [5.74, 6) is 0.0484. The molecule has 2 rings (SSSR count). The highest BCUT2D eigenvalue weighted by Gasteiger charge is 2.22. The maximum Gasteiger partial charge on any atom is 0.227 e. The Morgan fingerprint density at radius 1 is 1.38 bits per heavy atom. The molecule has 0 unspecified atom stereocenters. The number of benzene rings is 1. The van der Waals surface area contributed by atoms with E-state index in [0.717, 1.165) is 6.42 Å². The molecular formula is C13H16FNO. The first-order valence-corrected chi connectivity index (χ1v) is 5.69. The molecule has 0 bridgehead atoms. The quantitative estimate of drug-likeness (QED) is 0.751. The summed E-state index contributed by atoms with van der Waals surface area (Å²) < 4.78 is 13.7. The second-order valence-electron chi connectivity index (χ2n) is 4.51. The van der Waals surface area contributed by atoms with Gasteiger partial charge in [0, 0.05) is 18.7 Å². The van der Waals surface area contributed by atoms with Crippen LogP contribution < -0.4 is 4.90 Å². The van der Waals surface area contributed by atoms with Gasteiger partial charge in [0.15, 0.2) is 0 Å². The maximum atomic E-state index is 13.7. The van der Waals surface area contributed by atoms with E-state index in [1.807, 2.05) is 19.9 Å². The van der Waals surface area contributed by atoms with Crippen LogP contribution in [0.3, 0.4) is 0 Å². The average molecular weight is 221 g/mol. The molecule has 0 N–H and O–H groups in total. The molecule has 1 amide bonds. The minimum atomic E-state index is -0.216. The Morgan fingerprint density at radius 3 is 2.62 bits per heavy atom. The van der Waals surface area contributed by atoms with Crippen molar-refractivity contribution in [3.8, 4) is 0 Å². The van der Waals surface area contributed by atoms with Crippen molar-refractivity contribution in [2.45, 2.75) is 32.6 Å². The third kappa shape index (κ3) is 1.94. The normalized spacial score (nSPS) is 16.2. The van der Waals surface area contributed by atoms with Gasteiger partial charge in [0.05, 0.1) is 0 Å². The van der Waals surface area contributed by atoms with Crippen molar-refractivity contribution >= 4 is 11.6 Å². The van der Waals surface area contributed by atoms with Gasteiger partial charge in [-0.2, -0.15) is 0 Å². The molecule has 1 aromatic rings. The maximum absolute atomic E-state index is 13.7. The minimum Gasteiger partial charge on any atom is -0.312 e. The van der Waals surface area contributed by atoms with Crippen LogP contribution in [0, 0.1) is 5.82 Å². The fourth-order valence-electron chi connectivity index (χ4n) is 2.07. The third-order valence-corrected chi connectivity index (χ3v) is 2.99. The molecule has 3 heteroatoms. The lowest BCUT2D eigenvalue weighted by molar-refractivity contribution is -0.117. The largest absolute Gasteiger partial charge is 0.312 e. The highest BCUT2D eigenvalue weighted by atomic mass is 19.1. The van der Waals surface area contributed by atoms with Crippen molar-refractivity contribution in [3.63, 3.8) is 0 Å². The molecule has 0 aromatic heterocycles. The molecule has 0 spiro atoms. The number of hydrogen-bond donors (Lipinski definition) is 0. The standard InChI is InChI=1S/C13H16FNO/c1-9(2)11-6-5-10(8-12(11)14)15-7-3-4-13(15)16/h5-6,8-9H,3-4,7H2,1-2H3. The van der Waals surface area contributed by atoms with Gasteiger partial charge in [-0.1, -0.05) is 19.9 Å². The topological polar surface area (TPSA) is 20.3 Å². The van der Waals surface area contributed by atoms with Crippen LogP contribution >= 0.6 is 0 Å². The van der Waals surface area contributed by atoms with Crippen molar-refractivity contribution in [1.29, 1.82) is 0 Å². The summed E-state index contributed by atoms with van der Waals surface area (Å²) in [6, 6.07) is 5.08. The summed E-state index contributed by atoms with van der Waals surface area (Å²) in [6.07, 6.45) is 1.44. The Kier molecular flexibility index (Phi) is 2.95. The predicted molar refractivity (Wildman–Crippen MR) is 62.1 cm³/mol. The molecule has 86 valence electrons. The zero-order chi connectivity index (χ0) is 11.7. The molecule has 1 aliphatic rings. The molecule has 2 nitrogen and oxygen atoms in total. The van der Waals surface area contributed by atoms with E-state index < -0.39 is 0 Å². The molecule has 1 saturated heterocycles. The Labute approximate surface area is 95.1 Å². The number of nitrogens with zero attached hydrogens (tertiary/aromatic N) is 1. The number of rotatable bonds is 2. The summed E-state index contributed by atoms with van der Waals surface area (Å²) in [7, 11) is 0. The second kappa shape index (κ2) is 4.24. The first kappa shape index (κ1) is 11.1. The lowest BCUT2D eigenvalue weighted by Crippen LogP contribution is -2.23. The number of halogens is 1. The van der Waals surface area contributed by atoms with Crippen LogP contribution in [0.4, 0.5) is 10.1 Å². The molecule has 1 aliphatic heterocycles. The molecule has 16 heavy (non-hydrogen) atoms. The van der Waals surface area contributed by atoms with E-state index in [1.165, 1.54) is 6.07 Å². The van der Waals surface area contributed by atoms with E-state index in [4.69, 9.17) is 0 Å². The van der Waals surface area contributed by atoms with Crippen LogP contribution in [-0.4, -0.2) is 12.5 Å². The zero-order valence-electron chi connectivity index (χ0n) is 9.66. The van der Waals surface area contributed by atoms with Gasteiger partial charge in [-0.15, -0.1) is 0 Å². The Bertz CT molecular complexity index is 414. The van der Waals surface area contributed by atoms with E-state index in [0.29, 0.717) is 24.2 Å². The van der Waals surface area contributed by atoms with Gasteiger partial charge in [0.1, 0.15) is 5.82 Å². The lowest BCUT2D eigenvalue weighted by Gasteiger charge is -2.17. The van der Waals surface area contributed by atoms with Crippen LogP contribution in [0.15, 0.2) is 18.2 Å². The number of hydrogen-bond acceptors (Lipinski definition) is 1. The Balaban J connectivity index is 2.30. The third-order valence-electron chi connectivity index (χ3n) is 2.99. The monoisotopic (exact) mass is 221 g/mol. The van der Waals surface area contributed by atoms with E-state index in [2.05, 4.69) is 0 Å². The minimum absolute atomic E-state index is 0.0942. The SMILES string of the molecule is CC(C)c1ccc(N2CCCC2=O)cc1F. The van der Waals surface area contributed by atoms with Gasteiger partial charge in [0.2, 0.25) is 5.91 Å². The molecule has 0 atom stereocenters. The van der Waals surface area contributed by atoms with Crippen LogP contribution in [0.2, 0.25) is 0 Å². The molecule has 0 aliphatic carbocycles. The van der Waals surface area contributed by atoms with Crippen LogP contribution in [0.5, 0.6) is 0 Å². The molecule has 0 saturated carbocycles. The van der Waals surface area contributed by atoms with E-state index in [-0.39, 0.29) is 17.6 Å². The van der Waals surface area contributed by atoms with Crippen LogP contribution in [0.25, 0.3) is 0 Å². The Hall–Kier alpha value is -1.38. The highest BCUT2D eigenvalue weighted by Crippen LogP contribution is 2.26. The second-order valence-corrected chi connectivity index (χ2v) is 4.51. The molecule has 1 aromatic carbocycles. The first-order valence-electron chi connectivity index (χ1n) is 5.69. The van der Waals surface area contributed by atoms with Gasteiger partial charge in [-0.05, 0) is 30.0 Å². The highest BCUT2D eigenvalue weighted by molar-refractivity contribution is 5.95. The van der Waals surface area contributed by atoms with Gasteiger partial charge >= 0.3 is 0 Å². The summed E-state index contributed by atoms with van der Waals surface area (Å²) in [5.41, 5.74) is 1.39. The zero-order valence-corrected chi connectivity index (χ0v) is 9.66. The predicted octanol–water partition coefficient (Wildman–Crippen LogP) is 3.08. The van der Waals surface area contributed by atoms with Crippen LogP contribution in [0.1, 0.15) is 38.2 Å². The van der Waals surface area contributed by atoms with E-state index in [1.54, 1.807) is 11.0 Å². The van der Waals surface area contributed by atoms with Crippen molar-refractivity contribution in [2.24, 2.45) is 0 Å². The Morgan fingerprint density at radius 2 is 2.12 bits per heavy atom. The summed E-state index contributed by atoms with van der Waals surface area (Å²) >= 11 is 0. The van der Waals surface area contributed by atoms with E-state index in [9.17, 15) is 9.18 Å². The van der Waals surface area contributed by atoms with Crippen molar-refractivity contribution < 1.29 is 9.18 Å². The summed E-state index contributed by atoms with van der Waals surface area (Å²) in [4.78, 5) is 13.2. The van der Waals surface area contributed by atoms with Gasteiger partial charge in [0.25, 0.3) is 0 Å².